The van der Waals surface area contributed by atoms with Gasteiger partial charge in [0, 0.05) is 25.7 Å². The molecule has 0 radical (unpaired) electrons. The van der Waals surface area contributed by atoms with Gasteiger partial charge in [-0.15, -0.1) is 0 Å². The maximum absolute atomic E-state index is 12.6. The number of urea groups is 1. The summed E-state index contributed by atoms with van der Waals surface area (Å²) in [5.41, 5.74) is 1.27. The molecular weight excluding hydrogens is 452 g/mol. The Morgan fingerprint density at radius 3 is 2.26 bits per heavy atom. The molecular formula is C25H28N4O6. The molecule has 0 atom stereocenters. The Labute approximate surface area is 202 Å². The molecule has 0 spiro atoms. The second-order valence-electron chi connectivity index (χ2n) is 8.41. The fraction of sp³-hybridized carbons (Fsp3) is 0.320. The lowest BCUT2D eigenvalue weighted by atomic mass is 9.75. The highest BCUT2D eigenvalue weighted by Gasteiger charge is 2.46. The number of nitrogens with zero attached hydrogens (tertiary/aromatic N) is 4. The second kappa shape index (κ2) is 9.67. The number of aliphatic carboxylic acids is 1. The zero-order valence-electron chi connectivity index (χ0n) is 19.8. The lowest BCUT2D eigenvalue weighted by Gasteiger charge is -2.38. The van der Waals surface area contributed by atoms with Crippen LogP contribution in [0.15, 0.2) is 54.6 Å². The highest BCUT2D eigenvalue weighted by molar-refractivity contribution is 5.83. The van der Waals surface area contributed by atoms with E-state index in [2.05, 4.69) is 0 Å². The minimum absolute atomic E-state index is 0.160. The van der Waals surface area contributed by atoms with Crippen molar-refractivity contribution in [3.05, 3.63) is 60.3 Å². The number of carboxylic acids is 1. The molecule has 2 amide bonds. The van der Waals surface area contributed by atoms with Crippen molar-refractivity contribution < 1.29 is 29.4 Å². The number of para-hydroxylation sites is 1. The normalized spacial score (nSPS) is 14.9. The standard InChI is InChI=1S/C25H28N4O6/c1-27(33)24(32)28-14-12-25(13-15-28,23(30)31)22-16-20(19-6-4-5-7-21(19)35-3)29(26-22)17-8-10-18(34-2)11-9-17/h4-11,16,33H,12-15H2,1-3H3,(H,30,31). The summed E-state index contributed by atoms with van der Waals surface area (Å²) in [7, 11) is 4.42. The van der Waals surface area contributed by atoms with E-state index in [1.54, 1.807) is 25.0 Å². The van der Waals surface area contributed by atoms with E-state index in [0.717, 1.165) is 11.3 Å². The molecule has 1 aromatic heterocycles. The average molecular weight is 481 g/mol. The fourth-order valence-electron chi connectivity index (χ4n) is 4.45. The number of aromatic nitrogens is 2. The molecule has 2 heterocycles. The second-order valence-corrected chi connectivity index (χ2v) is 8.41. The monoisotopic (exact) mass is 480 g/mol. The zero-order chi connectivity index (χ0) is 25.2. The van der Waals surface area contributed by atoms with Gasteiger partial charge in [-0.3, -0.25) is 10.0 Å². The third-order valence-electron chi connectivity index (χ3n) is 6.47. The summed E-state index contributed by atoms with van der Waals surface area (Å²) < 4.78 is 12.5. The summed E-state index contributed by atoms with van der Waals surface area (Å²) in [6.45, 7) is 0.352. The first-order chi connectivity index (χ1) is 16.8. The molecule has 0 saturated carbocycles. The predicted molar refractivity (Wildman–Crippen MR) is 127 cm³/mol. The van der Waals surface area contributed by atoms with E-state index >= 15 is 0 Å². The number of piperidine rings is 1. The summed E-state index contributed by atoms with van der Waals surface area (Å²) in [6.07, 6.45) is 0.319. The van der Waals surface area contributed by atoms with E-state index < -0.39 is 17.4 Å². The molecule has 3 aromatic rings. The number of carboxylic acid groups (broad SMARTS) is 1. The van der Waals surface area contributed by atoms with Gasteiger partial charge in [-0.25, -0.2) is 14.5 Å². The predicted octanol–water partition coefficient (Wildman–Crippen LogP) is 3.42. The minimum atomic E-state index is -1.29. The first kappa shape index (κ1) is 24.1. The van der Waals surface area contributed by atoms with Gasteiger partial charge in [0.25, 0.3) is 0 Å². The molecule has 10 heteroatoms. The van der Waals surface area contributed by atoms with E-state index in [4.69, 9.17) is 14.6 Å². The van der Waals surface area contributed by atoms with Crippen molar-refractivity contribution in [2.24, 2.45) is 0 Å². The van der Waals surface area contributed by atoms with Crippen molar-refractivity contribution in [2.75, 3.05) is 34.4 Å². The Morgan fingerprint density at radius 2 is 1.69 bits per heavy atom. The topological polar surface area (TPSA) is 117 Å². The average Bonchev–Trinajstić information content (AvgIpc) is 3.33. The van der Waals surface area contributed by atoms with Crippen molar-refractivity contribution in [2.45, 2.75) is 18.3 Å². The molecule has 4 rings (SSSR count). The summed E-state index contributed by atoms with van der Waals surface area (Å²) in [4.78, 5) is 26.2. The number of amides is 2. The van der Waals surface area contributed by atoms with Crippen LogP contribution >= 0.6 is 0 Å². The van der Waals surface area contributed by atoms with Gasteiger partial charge < -0.3 is 19.5 Å². The van der Waals surface area contributed by atoms with Crippen LogP contribution in [0.5, 0.6) is 11.5 Å². The molecule has 0 unspecified atom stereocenters. The molecule has 1 saturated heterocycles. The smallest absolute Gasteiger partial charge is 0.343 e. The third-order valence-corrected chi connectivity index (χ3v) is 6.47. The first-order valence-electron chi connectivity index (χ1n) is 11.1. The largest absolute Gasteiger partial charge is 0.497 e. The highest BCUT2D eigenvalue weighted by Crippen LogP contribution is 2.40. The molecule has 1 aliphatic rings. The summed E-state index contributed by atoms with van der Waals surface area (Å²) in [5, 5.41) is 25.1. The number of benzene rings is 2. The number of ether oxygens (including phenoxy) is 2. The van der Waals surface area contributed by atoms with E-state index in [1.165, 1.54) is 11.9 Å². The Kier molecular flexibility index (Phi) is 6.65. The van der Waals surface area contributed by atoms with Crippen molar-refractivity contribution in [1.29, 1.82) is 0 Å². The van der Waals surface area contributed by atoms with Crippen LogP contribution < -0.4 is 9.47 Å². The summed E-state index contributed by atoms with van der Waals surface area (Å²) >= 11 is 0. The van der Waals surface area contributed by atoms with Crippen LogP contribution in [-0.2, 0) is 10.2 Å². The highest BCUT2D eigenvalue weighted by atomic mass is 16.5. The van der Waals surface area contributed by atoms with Crippen molar-refractivity contribution in [3.63, 3.8) is 0 Å². The number of likely N-dealkylation sites (tertiary alicyclic amines) is 1. The maximum Gasteiger partial charge on any atom is 0.343 e. The zero-order valence-corrected chi connectivity index (χ0v) is 19.8. The molecule has 35 heavy (non-hydrogen) atoms. The number of methoxy groups -OCH3 is 2. The molecule has 2 N–H and O–H groups in total. The van der Waals surface area contributed by atoms with Gasteiger partial charge in [-0.1, -0.05) is 12.1 Å². The van der Waals surface area contributed by atoms with Gasteiger partial charge >= 0.3 is 12.0 Å². The molecule has 184 valence electrons. The Bertz CT molecular complexity index is 1210. The molecule has 1 fully saturated rings. The lowest BCUT2D eigenvalue weighted by Crippen LogP contribution is -2.51. The van der Waals surface area contributed by atoms with Crippen molar-refractivity contribution >= 4 is 12.0 Å². The number of hydrogen-bond acceptors (Lipinski definition) is 6. The molecule has 10 nitrogen and oxygen atoms in total. The van der Waals surface area contributed by atoms with Gasteiger partial charge in [0.05, 0.1) is 31.3 Å². The van der Waals surface area contributed by atoms with Crippen molar-refractivity contribution in [3.8, 4) is 28.4 Å². The van der Waals surface area contributed by atoms with Crippen LogP contribution in [0.3, 0.4) is 0 Å². The molecule has 1 aliphatic heterocycles. The van der Waals surface area contributed by atoms with Gasteiger partial charge in [-0.2, -0.15) is 5.10 Å². The fourth-order valence-corrected chi connectivity index (χ4v) is 4.45. The van der Waals surface area contributed by atoms with Crippen LogP contribution in [0.4, 0.5) is 4.79 Å². The number of hydrogen-bond donors (Lipinski definition) is 2. The molecule has 0 aliphatic carbocycles. The number of rotatable bonds is 6. The Hall–Kier alpha value is -4.05. The summed E-state index contributed by atoms with van der Waals surface area (Å²) in [6, 6.07) is 16.0. The van der Waals surface area contributed by atoms with E-state index in [1.807, 2.05) is 48.5 Å². The van der Waals surface area contributed by atoms with Crippen LogP contribution in [-0.4, -0.2) is 76.4 Å². The molecule has 0 bridgehead atoms. The third kappa shape index (κ3) is 4.40. The van der Waals surface area contributed by atoms with Gasteiger partial charge in [0.15, 0.2) is 0 Å². The van der Waals surface area contributed by atoms with Gasteiger partial charge in [-0.05, 0) is 55.3 Å². The summed E-state index contributed by atoms with van der Waals surface area (Å²) in [5.74, 6) is 0.310. The van der Waals surface area contributed by atoms with Crippen LogP contribution in [0, 0.1) is 0 Å². The van der Waals surface area contributed by atoms with E-state index in [-0.39, 0.29) is 25.9 Å². The quantitative estimate of drug-likeness (QED) is 0.410. The number of hydroxylamine groups is 2. The van der Waals surface area contributed by atoms with Gasteiger partial charge in [0.1, 0.15) is 16.9 Å². The van der Waals surface area contributed by atoms with E-state index in [0.29, 0.717) is 28.0 Å². The Morgan fingerprint density at radius 1 is 1.03 bits per heavy atom. The van der Waals surface area contributed by atoms with Crippen LogP contribution in [0.25, 0.3) is 16.9 Å². The minimum Gasteiger partial charge on any atom is -0.497 e. The lowest BCUT2D eigenvalue weighted by molar-refractivity contribution is -0.146. The Balaban J connectivity index is 1.82. The van der Waals surface area contributed by atoms with Crippen molar-refractivity contribution in [1.82, 2.24) is 19.7 Å². The van der Waals surface area contributed by atoms with Crippen LogP contribution in [0.1, 0.15) is 18.5 Å². The first-order valence-corrected chi connectivity index (χ1v) is 11.1. The SMILES string of the molecule is COc1ccc(-n2nc(C3(C(=O)O)CCN(C(=O)N(C)O)CC3)cc2-c2ccccc2OC)cc1. The van der Waals surface area contributed by atoms with Gasteiger partial charge in [0.2, 0.25) is 0 Å². The van der Waals surface area contributed by atoms with E-state index in [9.17, 15) is 19.9 Å². The number of carbonyl (C=O) groups is 2. The van der Waals surface area contributed by atoms with Crippen LogP contribution in [0.2, 0.25) is 0 Å². The number of carbonyl (C=O) groups excluding carboxylic acids is 1. The molecule has 2 aromatic carbocycles. The maximum atomic E-state index is 12.6.